The van der Waals surface area contributed by atoms with Gasteiger partial charge < -0.3 is 19.3 Å². The Hall–Kier alpha value is -5.16. The second kappa shape index (κ2) is 15.0. The molecular formula is C36H36F2N2O6Si. The minimum atomic E-state index is -1.22. The third kappa shape index (κ3) is 9.20. The molecule has 8 nitrogen and oxygen atoms in total. The number of fused-ring (bicyclic) bond motifs is 2. The number of benzene rings is 4. The molecule has 6 rings (SSSR count). The van der Waals surface area contributed by atoms with Gasteiger partial charge in [-0.1, -0.05) is 51.3 Å². The first-order valence-electron chi connectivity index (χ1n) is 14.6. The number of hydrogen-bond acceptors (Lipinski definition) is 7. The molecule has 0 atom stereocenters. The maximum atomic E-state index is 13.2. The van der Waals surface area contributed by atoms with Crippen LogP contribution < -0.4 is 9.47 Å². The molecule has 0 saturated heterocycles. The third-order valence-electron chi connectivity index (χ3n) is 7.09. The van der Waals surface area contributed by atoms with E-state index in [1.807, 2.05) is 12.1 Å². The molecule has 0 aromatic heterocycles. The predicted octanol–water partition coefficient (Wildman–Crippen LogP) is 8.51. The van der Waals surface area contributed by atoms with Crippen LogP contribution in [0.2, 0.25) is 25.7 Å². The summed E-state index contributed by atoms with van der Waals surface area (Å²) in [6.07, 6.45) is 0. The fourth-order valence-corrected chi connectivity index (χ4v) is 5.19. The standard InChI is InChI=1S/C20H22FNO3Si.C15H10FNO3.CH4/c1-26(2,3)11-10-24-20(23)15-6-4-14(5-7-15)18-13-25-19-12-16(21)8-9-17(19)22-18;16-11-5-6-12-14(7-11)20-8-13(17-12)9-1-3-10(4-2-9)15(18)19;/h4-9,12H,10-11,13H2,1-3H3;1-7H,8H2,(H,18,19);1H4. The van der Waals surface area contributed by atoms with Crippen molar-refractivity contribution in [3.63, 3.8) is 0 Å². The number of nitrogens with zero attached hydrogens (tertiary/aromatic N) is 2. The summed E-state index contributed by atoms with van der Waals surface area (Å²) in [7, 11) is -1.22. The van der Waals surface area contributed by atoms with E-state index in [4.69, 9.17) is 19.3 Å². The van der Waals surface area contributed by atoms with Crippen molar-refractivity contribution in [2.24, 2.45) is 9.98 Å². The maximum absolute atomic E-state index is 13.2. The quantitative estimate of drug-likeness (QED) is 0.158. The number of aliphatic imine (C=N–C) groups is 2. The number of aromatic carboxylic acids is 1. The van der Waals surface area contributed by atoms with Gasteiger partial charge in [-0.25, -0.2) is 28.4 Å². The number of carbonyl (C=O) groups excluding carboxylic acids is 1. The summed E-state index contributed by atoms with van der Waals surface area (Å²) in [5, 5.41) is 8.85. The molecule has 4 aromatic carbocycles. The van der Waals surface area contributed by atoms with Gasteiger partial charge in [-0.2, -0.15) is 0 Å². The highest BCUT2D eigenvalue weighted by molar-refractivity contribution is 6.76. The van der Waals surface area contributed by atoms with Crippen molar-refractivity contribution in [2.45, 2.75) is 33.1 Å². The van der Waals surface area contributed by atoms with Gasteiger partial charge in [0.15, 0.2) is 0 Å². The summed E-state index contributed by atoms with van der Waals surface area (Å²) in [6, 6.07) is 22.9. The number of carbonyl (C=O) groups is 2. The Morgan fingerprint density at radius 1 is 0.745 bits per heavy atom. The third-order valence-corrected chi connectivity index (χ3v) is 8.79. The molecule has 0 radical (unpaired) electrons. The van der Waals surface area contributed by atoms with E-state index in [1.165, 1.54) is 36.4 Å². The molecule has 11 heteroatoms. The van der Waals surface area contributed by atoms with E-state index in [2.05, 4.69) is 29.6 Å². The lowest BCUT2D eigenvalue weighted by molar-refractivity contribution is 0.0524. The van der Waals surface area contributed by atoms with Gasteiger partial charge in [0.05, 0.1) is 29.2 Å². The molecule has 4 aromatic rings. The predicted molar refractivity (Wildman–Crippen MR) is 181 cm³/mol. The zero-order valence-electron chi connectivity index (χ0n) is 25.6. The smallest absolute Gasteiger partial charge is 0.338 e. The van der Waals surface area contributed by atoms with Crippen molar-refractivity contribution in [3.05, 3.63) is 119 Å². The van der Waals surface area contributed by atoms with Gasteiger partial charge in [-0.05, 0) is 65.7 Å². The summed E-state index contributed by atoms with van der Waals surface area (Å²) >= 11 is 0. The molecule has 244 valence electrons. The zero-order chi connectivity index (χ0) is 32.8. The van der Waals surface area contributed by atoms with E-state index in [1.54, 1.807) is 36.4 Å². The van der Waals surface area contributed by atoms with Gasteiger partial charge in [-0.15, -0.1) is 0 Å². The van der Waals surface area contributed by atoms with Crippen LogP contribution >= 0.6 is 0 Å². The first-order chi connectivity index (χ1) is 21.9. The van der Waals surface area contributed by atoms with Gasteiger partial charge >= 0.3 is 11.9 Å². The molecule has 0 unspecified atom stereocenters. The summed E-state index contributed by atoms with van der Waals surface area (Å²) in [5.41, 5.74) is 4.96. The van der Waals surface area contributed by atoms with E-state index in [9.17, 15) is 18.4 Å². The Bertz CT molecular complexity index is 1820. The molecule has 0 fully saturated rings. The van der Waals surface area contributed by atoms with E-state index in [0.29, 0.717) is 40.8 Å². The van der Waals surface area contributed by atoms with Crippen LogP contribution in [0.4, 0.5) is 20.2 Å². The van der Waals surface area contributed by atoms with Gasteiger partial charge in [0.2, 0.25) is 0 Å². The van der Waals surface area contributed by atoms with E-state index in [-0.39, 0.29) is 43.8 Å². The minimum Gasteiger partial charge on any atom is -0.485 e. The van der Waals surface area contributed by atoms with E-state index in [0.717, 1.165) is 22.9 Å². The molecule has 47 heavy (non-hydrogen) atoms. The van der Waals surface area contributed by atoms with Crippen LogP contribution in [0.3, 0.4) is 0 Å². The molecule has 2 aliphatic heterocycles. The van der Waals surface area contributed by atoms with Gasteiger partial charge in [0.25, 0.3) is 0 Å². The SMILES string of the molecule is C.C[Si](C)(C)CCOC(=O)c1ccc(C2=Nc3ccc(F)cc3OC2)cc1.O=C(O)c1ccc(C2=Nc3ccc(F)cc3OC2)cc1. The Kier molecular flexibility index (Phi) is 11.0. The highest BCUT2D eigenvalue weighted by Crippen LogP contribution is 2.33. The number of halogens is 2. The average molecular weight is 659 g/mol. The summed E-state index contributed by atoms with van der Waals surface area (Å²) in [4.78, 5) is 31.8. The highest BCUT2D eigenvalue weighted by Gasteiger charge is 2.18. The lowest BCUT2D eigenvalue weighted by Crippen LogP contribution is -2.22. The fraction of sp³-hybridized carbons (Fsp3) is 0.222. The first-order valence-corrected chi connectivity index (χ1v) is 18.3. The molecular weight excluding hydrogens is 622 g/mol. The molecule has 0 aliphatic carbocycles. The maximum Gasteiger partial charge on any atom is 0.338 e. The van der Waals surface area contributed by atoms with Crippen molar-refractivity contribution >= 4 is 42.8 Å². The average Bonchev–Trinajstić information content (AvgIpc) is 3.04. The van der Waals surface area contributed by atoms with Crippen LogP contribution in [-0.2, 0) is 4.74 Å². The Labute approximate surface area is 273 Å². The van der Waals surface area contributed by atoms with Crippen molar-refractivity contribution in [2.75, 3.05) is 19.8 Å². The number of carboxylic acids is 1. The number of rotatable bonds is 7. The first kappa shape index (κ1) is 34.7. The molecule has 2 aliphatic rings. The van der Waals surface area contributed by atoms with Gasteiger partial charge in [0.1, 0.15) is 47.7 Å². The monoisotopic (exact) mass is 658 g/mol. The second-order valence-electron chi connectivity index (χ2n) is 11.8. The normalized spacial score (nSPS) is 13.0. The lowest BCUT2D eigenvalue weighted by Gasteiger charge is -2.17. The van der Waals surface area contributed by atoms with Crippen LogP contribution in [0.1, 0.15) is 39.3 Å². The summed E-state index contributed by atoms with van der Waals surface area (Å²) in [5.74, 6) is -1.14. The van der Waals surface area contributed by atoms with Crippen LogP contribution in [0.25, 0.3) is 0 Å². The molecule has 2 heterocycles. The van der Waals surface area contributed by atoms with Crippen molar-refractivity contribution in [1.29, 1.82) is 0 Å². The second-order valence-corrected chi connectivity index (χ2v) is 17.4. The molecule has 0 amide bonds. The number of esters is 1. The number of carboxylic acid groups (broad SMARTS) is 1. The van der Waals surface area contributed by atoms with Crippen LogP contribution in [0, 0.1) is 11.6 Å². The van der Waals surface area contributed by atoms with Crippen LogP contribution in [0.5, 0.6) is 11.5 Å². The van der Waals surface area contributed by atoms with E-state index >= 15 is 0 Å². The van der Waals surface area contributed by atoms with E-state index < -0.39 is 14.0 Å². The summed E-state index contributed by atoms with van der Waals surface area (Å²) in [6.45, 7) is 7.68. The van der Waals surface area contributed by atoms with Gasteiger partial charge in [-0.3, -0.25) is 0 Å². The summed E-state index contributed by atoms with van der Waals surface area (Å²) < 4.78 is 42.7. The topological polar surface area (TPSA) is 107 Å². The van der Waals surface area contributed by atoms with Gasteiger partial charge in [0, 0.05) is 20.2 Å². The van der Waals surface area contributed by atoms with Crippen molar-refractivity contribution in [3.8, 4) is 11.5 Å². The van der Waals surface area contributed by atoms with Crippen LogP contribution in [-0.4, -0.2) is 56.4 Å². The fourth-order valence-electron chi connectivity index (χ4n) is 4.47. The Balaban J connectivity index is 0.000000215. The largest absolute Gasteiger partial charge is 0.485 e. The van der Waals surface area contributed by atoms with Crippen molar-refractivity contribution in [1.82, 2.24) is 0 Å². The molecule has 0 bridgehead atoms. The van der Waals surface area contributed by atoms with Crippen LogP contribution in [0.15, 0.2) is 94.9 Å². The zero-order valence-corrected chi connectivity index (χ0v) is 26.6. The molecule has 0 saturated carbocycles. The number of ether oxygens (including phenoxy) is 3. The Morgan fingerprint density at radius 2 is 1.19 bits per heavy atom. The molecule has 0 spiro atoms. The lowest BCUT2D eigenvalue weighted by atomic mass is 10.1. The molecule has 1 N–H and O–H groups in total. The highest BCUT2D eigenvalue weighted by atomic mass is 28.3. The number of hydrogen-bond donors (Lipinski definition) is 1. The Morgan fingerprint density at radius 3 is 1.62 bits per heavy atom. The van der Waals surface area contributed by atoms with Crippen molar-refractivity contribution < 1.29 is 37.7 Å². The minimum absolute atomic E-state index is 0.